The van der Waals surface area contributed by atoms with Gasteiger partial charge in [-0.2, -0.15) is 0 Å². The van der Waals surface area contributed by atoms with Crippen LogP contribution in [0.5, 0.6) is 5.75 Å². The van der Waals surface area contributed by atoms with Crippen LogP contribution in [0, 0.1) is 0 Å². The number of thiazole rings is 1. The van der Waals surface area contributed by atoms with Gasteiger partial charge in [0, 0.05) is 15.4 Å². The zero-order valence-corrected chi connectivity index (χ0v) is 10.3. The van der Waals surface area contributed by atoms with Crippen LogP contribution in [0.1, 0.15) is 0 Å². The normalized spacial score (nSPS) is 10.3. The first-order chi connectivity index (χ1) is 7.20. The Morgan fingerprint density at radius 2 is 2.27 bits per heavy atom. The SMILES string of the molecule is COc1ccc(Br)cc1-c1csc(=O)[nH]1. The quantitative estimate of drug-likeness (QED) is 0.922. The minimum absolute atomic E-state index is 0.0629. The molecule has 0 fully saturated rings. The number of hydrogen-bond acceptors (Lipinski definition) is 3. The van der Waals surface area contributed by atoms with E-state index in [0.29, 0.717) is 0 Å². The van der Waals surface area contributed by atoms with E-state index in [-0.39, 0.29) is 4.87 Å². The van der Waals surface area contributed by atoms with Crippen molar-refractivity contribution < 1.29 is 4.74 Å². The smallest absolute Gasteiger partial charge is 0.304 e. The number of halogens is 1. The third-order valence-electron chi connectivity index (χ3n) is 1.97. The van der Waals surface area contributed by atoms with Crippen molar-refractivity contribution in [3.05, 3.63) is 37.7 Å². The lowest BCUT2D eigenvalue weighted by atomic mass is 10.1. The van der Waals surface area contributed by atoms with Crippen molar-refractivity contribution in [2.24, 2.45) is 0 Å². The largest absolute Gasteiger partial charge is 0.496 e. The number of rotatable bonds is 2. The Labute approximate surface area is 98.9 Å². The number of H-pyrrole nitrogens is 1. The summed E-state index contributed by atoms with van der Waals surface area (Å²) in [6, 6.07) is 5.67. The Balaban J connectivity index is 2.59. The first-order valence-corrected chi connectivity index (χ1v) is 5.89. The average molecular weight is 286 g/mol. The zero-order chi connectivity index (χ0) is 10.8. The lowest BCUT2D eigenvalue weighted by Crippen LogP contribution is -1.94. The summed E-state index contributed by atoms with van der Waals surface area (Å²) in [7, 11) is 1.61. The molecule has 1 heterocycles. The Hall–Kier alpha value is -1.07. The molecule has 78 valence electrons. The molecule has 0 unspecified atom stereocenters. The van der Waals surface area contributed by atoms with Crippen LogP contribution in [0.3, 0.4) is 0 Å². The van der Waals surface area contributed by atoms with Crippen LogP contribution < -0.4 is 9.61 Å². The summed E-state index contributed by atoms with van der Waals surface area (Å²) in [6.45, 7) is 0. The second-order valence-electron chi connectivity index (χ2n) is 2.91. The first kappa shape index (κ1) is 10.4. The van der Waals surface area contributed by atoms with E-state index < -0.39 is 0 Å². The molecule has 0 radical (unpaired) electrons. The number of methoxy groups -OCH3 is 1. The van der Waals surface area contributed by atoms with Gasteiger partial charge in [-0.25, -0.2) is 0 Å². The van der Waals surface area contributed by atoms with Crippen molar-refractivity contribution in [2.75, 3.05) is 7.11 Å². The van der Waals surface area contributed by atoms with E-state index in [2.05, 4.69) is 20.9 Å². The van der Waals surface area contributed by atoms with Crippen molar-refractivity contribution in [2.45, 2.75) is 0 Å². The molecular formula is C10H8BrNO2S. The van der Waals surface area contributed by atoms with Crippen LogP contribution in [0.15, 0.2) is 32.8 Å². The molecule has 0 bridgehead atoms. The molecule has 3 nitrogen and oxygen atoms in total. The molecule has 0 saturated carbocycles. The summed E-state index contributed by atoms with van der Waals surface area (Å²) < 4.78 is 6.18. The predicted molar refractivity (Wildman–Crippen MR) is 64.6 cm³/mol. The van der Waals surface area contributed by atoms with E-state index in [1.807, 2.05) is 18.2 Å². The molecule has 2 aromatic rings. The van der Waals surface area contributed by atoms with E-state index in [0.717, 1.165) is 32.8 Å². The summed E-state index contributed by atoms with van der Waals surface area (Å²) in [5.41, 5.74) is 1.66. The van der Waals surface area contributed by atoms with Gasteiger partial charge in [0.2, 0.25) is 0 Å². The number of benzene rings is 1. The molecule has 0 spiro atoms. The van der Waals surface area contributed by atoms with E-state index in [1.54, 1.807) is 12.5 Å². The number of aromatic amines is 1. The fourth-order valence-electron chi connectivity index (χ4n) is 1.30. The fraction of sp³-hybridized carbons (Fsp3) is 0.100. The van der Waals surface area contributed by atoms with Gasteiger partial charge < -0.3 is 9.72 Å². The van der Waals surface area contributed by atoms with Gasteiger partial charge in [-0.05, 0) is 18.2 Å². The highest BCUT2D eigenvalue weighted by atomic mass is 79.9. The summed E-state index contributed by atoms with van der Waals surface area (Å²) in [5, 5.41) is 1.78. The summed E-state index contributed by atoms with van der Waals surface area (Å²) in [4.78, 5) is 13.8. The van der Waals surface area contributed by atoms with Gasteiger partial charge >= 0.3 is 4.87 Å². The van der Waals surface area contributed by atoms with E-state index >= 15 is 0 Å². The Bertz CT molecular complexity index is 532. The highest BCUT2D eigenvalue weighted by Gasteiger charge is 2.08. The van der Waals surface area contributed by atoms with Crippen LogP contribution >= 0.6 is 27.3 Å². The number of ether oxygens (including phenoxy) is 1. The standard InChI is InChI=1S/C10H8BrNO2S/c1-14-9-3-2-6(11)4-7(9)8-5-15-10(13)12-8/h2-5H,1H3,(H,12,13). The topological polar surface area (TPSA) is 42.1 Å². The Morgan fingerprint density at radius 3 is 2.87 bits per heavy atom. The van der Waals surface area contributed by atoms with Gasteiger partial charge in [-0.15, -0.1) is 0 Å². The van der Waals surface area contributed by atoms with Crippen molar-refractivity contribution in [1.82, 2.24) is 4.98 Å². The molecule has 1 N–H and O–H groups in total. The molecule has 0 aliphatic heterocycles. The highest BCUT2D eigenvalue weighted by molar-refractivity contribution is 9.10. The van der Waals surface area contributed by atoms with Gasteiger partial charge in [-0.3, -0.25) is 4.79 Å². The highest BCUT2D eigenvalue weighted by Crippen LogP contribution is 2.31. The van der Waals surface area contributed by atoms with E-state index in [1.165, 1.54) is 0 Å². The minimum atomic E-state index is -0.0629. The van der Waals surface area contributed by atoms with E-state index in [9.17, 15) is 4.79 Å². The molecule has 15 heavy (non-hydrogen) atoms. The first-order valence-electron chi connectivity index (χ1n) is 4.22. The monoisotopic (exact) mass is 285 g/mol. The van der Waals surface area contributed by atoms with E-state index in [4.69, 9.17) is 4.74 Å². The molecule has 0 saturated heterocycles. The molecule has 5 heteroatoms. The number of hydrogen-bond donors (Lipinski definition) is 1. The molecule has 2 rings (SSSR count). The van der Waals surface area contributed by atoms with Gasteiger partial charge in [0.05, 0.1) is 12.8 Å². The van der Waals surface area contributed by atoms with Crippen LogP contribution in [-0.2, 0) is 0 Å². The molecule has 1 aromatic carbocycles. The molecule has 1 aromatic heterocycles. The summed E-state index contributed by atoms with van der Waals surface area (Å²) in [5.74, 6) is 0.743. The van der Waals surface area contributed by atoms with Crippen molar-refractivity contribution in [3.63, 3.8) is 0 Å². The second-order valence-corrected chi connectivity index (χ2v) is 4.66. The molecule has 0 aliphatic carbocycles. The maximum atomic E-state index is 11.1. The molecule has 0 aliphatic rings. The lowest BCUT2D eigenvalue weighted by molar-refractivity contribution is 0.416. The van der Waals surface area contributed by atoms with Crippen molar-refractivity contribution in [1.29, 1.82) is 0 Å². The molecule has 0 atom stereocenters. The van der Waals surface area contributed by atoms with Crippen LogP contribution in [0.4, 0.5) is 0 Å². The van der Waals surface area contributed by atoms with Crippen LogP contribution in [0.2, 0.25) is 0 Å². The Kier molecular flexibility index (Phi) is 2.93. The summed E-state index contributed by atoms with van der Waals surface area (Å²) in [6.07, 6.45) is 0. The molecule has 0 amide bonds. The fourth-order valence-corrected chi connectivity index (χ4v) is 2.24. The average Bonchev–Trinajstić information content (AvgIpc) is 2.65. The van der Waals surface area contributed by atoms with Gasteiger partial charge in [0.15, 0.2) is 0 Å². The lowest BCUT2D eigenvalue weighted by Gasteiger charge is -2.06. The van der Waals surface area contributed by atoms with Gasteiger partial charge in [-0.1, -0.05) is 27.3 Å². The third-order valence-corrected chi connectivity index (χ3v) is 3.14. The maximum Gasteiger partial charge on any atom is 0.304 e. The molecular weight excluding hydrogens is 278 g/mol. The number of nitrogens with one attached hydrogen (secondary N) is 1. The van der Waals surface area contributed by atoms with Crippen molar-refractivity contribution >= 4 is 27.3 Å². The zero-order valence-electron chi connectivity index (χ0n) is 7.91. The maximum absolute atomic E-state index is 11.1. The third kappa shape index (κ3) is 2.13. The Morgan fingerprint density at radius 1 is 1.47 bits per heavy atom. The van der Waals surface area contributed by atoms with Gasteiger partial charge in [0.1, 0.15) is 5.75 Å². The van der Waals surface area contributed by atoms with Crippen LogP contribution in [-0.4, -0.2) is 12.1 Å². The van der Waals surface area contributed by atoms with Crippen LogP contribution in [0.25, 0.3) is 11.3 Å². The van der Waals surface area contributed by atoms with Gasteiger partial charge in [0.25, 0.3) is 0 Å². The predicted octanol–water partition coefficient (Wildman–Crippen LogP) is 2.87. The van der Waals surface area contributed by atoms with Crippen molar-refractivity contribution in [3.8, 4) is 17.0 Å². The second kappa shape index (κ2) is 4.20. The number of aromatic nitrogens is 1. The minimum Gasteiger partial charge on any atom is -0.496 e. The summed E-state index contributed by atoms with van der Waals surface area (Å²) >= 11 is 4.53.